The number of amides is 2. The number of urea groups is 1. The maximum Gasteiger partial charge on any atom is 0.349 e. The number of hydrogen-bond donors (Lipinski definition) is 1. The highest BCUT2D eigenvalue weighted by Crippen LogP contribution is 2.37. The number of nitrogens with zero attached hydrogens (tertiary/aromatic N) is 1. The molecule has 1 aromatic heterocycles. The molecule has 2 atom stereocenters. The van der Waals surface area contributed by atoms with Crippen molar-refractivity contribution in [2.45, 2.75) is 38.6 Å². The summed E-state index contributed by atoms with van der Waals surface area (Å²) in [5.74, 6) is 4.53. The summed E-state index contributed by atoms with van der Waals surface area (Å²) in [4.78, 5) is 32.5. The summed E-state index contributed by atoms with van der Waals surface area (Å²) in [6, 6.07) is 22.8. The Bertz CT molecular complexity index is 1600. The largest absolute Gasteiger partial charge is 0.349 e. The van der Waals surface area contributed by atoms with Crippen LogP contribution in [0.5, 0.6) is 0 Å². The Morgan fingerprint density at radius 3 is 2.51 bits per heavy atom. The number of fused-ring (bicyclic) bond motifs is 3. The molecule has 1 aliphatic rings. The van der Waals surface area contributed by atoms with Crippen LogP contribution < -0.4 is 5.73 Å². The minimum absolute atomic E-state index is 0.266. The van der Waals surface area contributed by atoms with Crippen molar-refractivity contribution in [3.8, 4) is 23.0 Å². The standard InChI is InChI=1S/C32H27FN2O3S/c1-20(7-13-27-14-15-28(39-27)17-22-8-11-26(33)12-9-22)35(32(34)37)38-31(36)21(2)23-10-16-30-25(18-23)19-24-5-3-4-6-29(24)30/h3-6,8-12,14-16,18,20-21H,17,19H2,1-2H3,(H2,34,37). The predicted octanol–water partition coefficient (Wildman–Crippen LogP) is 6.43. The number of halogens is 1. The van der Waals surface area contributed by atoms with Gasteiger partial charge in [0.25, 0.3) is 0 Å². The average Bonchev–Trinajstić information content (AvgIpc) is 3.54. The number of primary amides is 1. The van der Waals surface area contributed by atoms with Crippen molar-refractivity contribution in [2.24, 2.45) is 5.73 Å². The zero-order valence-electron chi connectivity index (χ0n) is 21.6. The molecule has 2 N–H and O–H groups in total. The molecule has 3 aromatic carbocycles. The van der Waals surface area contributed by atoms with E-state index in [9.17, 15) is 14.0 Å². The van der Waals surface area contributed by atoms with Gasteiger partial charge in [-0.3, -0.25) is 0 Å². The van der Waals surface area contributed by atoms with Gasteiger partial charge in [0.2, 0.25) is 0 Å². The number of carbonyl (C=O) groups excluding carboxylic acids is 2. The number of benzene rings is 3. The van der Waals surface area contributed by atoms with Crippen LogP contribution in [0.4, 0.5) is 9.18 Å². The Hall–Kier alpha value is -4.41. The van der Waals surface area contributed by atoms with Gasteiger partial charge in [0.15, 0.2) is 0 Å². The minimum atomic E-state index is -0.898. The van der Waals surface area contributed by atoms with Crippen LogP contribution in [-0.2, 0) is 22.5 Å². The molecule has 0 saturated heterocycles. The molecule has 0 bridgehead atoms. The second-order valence-corrected chi connectivity index (χ2v) is 10.7. The lowest BCUT2D eigenvalue weighted by Crippen LogP contribution is -2.43. The molecular weight excluding hydrogens is 511 g/mol. The van der Waals surface area contributed by atoms with Gasteiger partial charge in [-0.05, 0) is 77.9 Å². The number of thiophene rings is 1. The Morgan fingerprint density at radius 1 is 1.00 bits per heavy atom. The summed E-state index contributed by atoms with van der Waals surface area (Å²) in [6.07, 6.45) is 1.48. The van der Waals surface area contributed by atoms with Crippen LogP contribution >= 0.6 is 11.3 Å². The Kier molecular flexibility index (Phi) is 7.49. The average molecular weight is 539 g/mol. The zero-order chi connectivity index (χ0) is 27.5. The van der Waals surface area contributed by atoms with Crippen LogP contribution in [0.2, 0.25) is 0 Å². The fourth-order valence-corrected chi connectivity index (χ4v) is 5.54. The SMILES string of the molecule is CC(C(=O)ON(C(N)=O)C(C)C#Cc1ccc(Cc2ccc(F)cc2)s1)c1ccc2c(c1)Cc1ccccc1-2. The van der Waals surface area contributed by atoms with Crippen LogP contribution in [0.1, 0.15) is 51.8 Å². The van der Waals surface area contributed by atoms with E-state index < -0.39 is 24.0 Å². The fraction of sp³-hybridized carbons (Fsp3) is 0.188. The predicted molar refractivity (Wildman–Crippen MR) is 150 cm³/mol. The molecule has 4 aromatic rings. The molecule has 7 heteroatoms. The van der Waals surface area contributed by atoms with Gasteiger partial charge >= 0.3 is 12.0 Å². The topological polar surface area (TPSA) is 72.6 Å². The Morgan fingerprint density at radius 2 is 1.74 bits per heavy atom. The monoisotopic (exact) mass is 538 g/mol. The number of nitrogens with two attached hydrogens (primary N) is 1. The summed E-state index contributed by atoms with van der Waals surface area (Å²) < 4.78 is 13.1. The molecule has 1 aliphatic carbocycles. The molecule has 0 saturated carbocycles. The molecule has 0 aliphatic heterocycles. The Balaban J connectivity index is 1.24. The van der Waals surface area contributed by atoms with Gasteiger partial charge in [0.05, 0.1) is 10.8 Å². The van der Waals surface area contributed by atoms with E-state index in [1.807, 2.05) is 42.5 Å². The lowest BCUT2D eigenvalue weighted by Gasteiger charge is -2.23. The van der Waals surface area contributed by atoms with Crippen LogP contribution in [0.25, 0.3) is 11.1 Å². The van der Waals surface area contributed by atoms with Crippen LogP contribution in [0, 0.1) is 17.7 Å². The number of hydrogen-bond acceptors (Lipinski definition) is 4. The normalized spacial score (nSPS) is 12.9. The highest BCUT2D eigenvalue weighted by molar-refractivity contribution is 7.12. The highest BCUT2D eigenvalue weighted by atomic mass is 32.1. The quantitative estimate of drug-likeness (QED) is 0.207. The molecular formula is C32H27FN2O3S. The van der Waals surface area contributed by atoms with Crippen molar-refractivity contribution >= 4 is 23.3 Å². The lowest BCUT2D eigenvalue weighted by molar-refractivity contribution is -0.181. The second kappa shape index (κ2) is 11.1. The van der Waals surface area contributed by atoms with E-state index >= 15 is 0 Å². The first-order chi connectivity index (χ1) is 18.8. The fourth-order valence-electron chi connectivity index (χ4n) is 4.64. The third-order valence-corrected chi connectivity index (χ3v) is 7.79. The van der Waals surface area contributed by atoms with E-state index in [-0.39, 0.29) is 5.82 Å². The summed E-state index contributed by atoms with van der Waals surface area (Å²) >= 11 is 1.51. The molecule has 196 valence electrons. The van der Waals surface area contributed by atoms with Gasteiger partial charge in [-0.15, -0.1) is 16.4 Å². The smallest absolute Gasteiger partial charge is 0.349 e. The van der Waals surface area contributed by atoms with E-state index in [1.165, 1.54) is 40.2 Å². The maximum atomic E-state index is 13.1. The van der Waals surface area contributed by atoms with Crippen molar-refractivity contribution in [1.29, 1.82) is 0 Å². The van der Waals surface area contributed by atoms with Gasteiger partial charge in [0.1, 0.15) is 11.9 Å². The van der Waals surface area contributed by atoms with Crippen molar-refractivity contribution in [3.05, 3.63) is 117 Å². The second-order valence-electron chi connectivity index (χ2n) is 9.56. The molecule has 5 nitrogen and oxygen atoms in total. The first-order valence-corrected chi connectivity index (χ1v) is 13.5. The van der Waals surface area contributed by atoms with Crippen molar-refractivity contribution in [2.75, 3.05) is 0 Å². The van der Waals surface area contributed by atoms with Gasteiger partial charge in [-0.2, -0.15) is 0 Å². The molecule has 2 amide bonds. The molecule has 5 rings (SSSR count). The van der Waals surface area contributed by atoms with E-state index in [2.05, 4.69) is 24.0 Å². The van der Waals surface area contributed by atoms with E-state index in [1.54, 1.807) is 26.0 Å². The lowest BCUT2D eigenvalue weighted by atomic mass is 9.96. The molecule has 1 heterocycles. The van der Waals surface area contributed by atoms with E-state index in [0.29, 0.717) is 6.42 Å². The maximum absolute atomic E-state index is 13.1. The summed E-state index contributed by atoms with van der Waals surface area (Å²) in [7, 11) is 0. The Labute approximate surface area is 231 Å². The molecule has 39 heavy (non-hydrogen) atoms. The van der Waals surface area contributed by atoms with E-state index in [0.717, 1.165) is 37.9 Å². The van der Waals surface area contributed by atoms with Gasteiger partial charge in [-0.1, -0.05) is 66.4 Å². The van der Waals surface area contributed by atoms with Gasteiger partial charge in [-0.25, -0.2) is 14.0 Å². The highest BCUT2D eigenvalue weighted by Gasteiger charge is 2.27. The number of rotatable bonds is 5. The molecule has 0 radical (unpaired) electrons. The summed E-state index contributed by atoms with van der Waals surface area (Å²) in [6.45, 7) is 3.39. The van der Waals surface area contributed by atoms with Crippen molar-refractivity contribution < 1.29 is 18.8 Å². The number of hydroxylamine groups is 2. The van der Waals surface area contributed by atoms with Gasteiger partial charge in [0, 0.05) is 11.3 Å². The summed E-state index contributed by atoms with van der Waals surface area (Å²) in [5, 5.41) is 0.822. The van der Waals surface area contributed by atoms with E-state index in [4.69, 9.17) is 10.6 Å². The first kappa shape index (κ1) is 26.2. The van der Waals surface area contributed by atoms with Crippen LogP contribution in [0.3, 0.4) is 0 Å². The third-order valence-electron chi connectivity index (χ3n) is 6.79. The third kappa shape index (κ3) is 5.87. The first-order valence-electron chi connectivity index (χ1n) is 12.6. The van der Waals surface area contributed by atoms with Crippen molar-refractivity contribution in [3.63, 3.8) is 0 Å². The van der Waals surface area contributed by atoms with Crippen molar-refractivity contribution in [1.82, 2.24) is 5.06 Å². The molecule has 2 unspecified atom stereocenters. The molecule has 0 fully saturated rings. The summed E-state index contributed by atoms with van der Waals surface area (Å²) in [5.41, 5.74) is 12.2. The van der Waals surface area contributed by atoms with Crippen LogP contribution in [0.15, 0.2) is 78.9 Å². The van der Waals surface area contributed by atoms with Gasteiger partial charge < -0.3 is 10.6 Å². The minimum Gasteiger partial charge on any atom is -0.349 e. The zero-order valence-corrected chi connectivity index (χ0v) is 22.4. The molecule has 0 spiro atoms. The van der Waals surface area contributed by atoms with Crippen LogP contribution in [-0.4, -0.2) is 23.1 Å². The number of carbonyl (C=O) groups is 2.